The second kappa shape index (κ2) is 5.54. The third-order valence-electron chi connectivity index (χ3n) is 3.65. The number of hydrogen-bond donors (Lipinski definition) is 1. The molecule has 0 radical (unpaired) electrons. The predicted octanol–water partition coefficient (Wildman–Crippen LogP) is 2.32. The molecule has 4 nitrogen and oxygen atoms in total. The van der Waals surface area contributed by atoms with Gasteiger partial charge in [-0.1, -0.05) is 12.8 Å². The highest BCUT2D eigenvalue weighted by molar-refractivity contribution is 5.29. The van der Waals surface area contributed by atoms with Crippen LogP contribution in [0.3, 0.4) is 0 Å². The van der Waals surface area contributed by atoms with Gasteiger partial charge in [0.15, 0.2) is 5.75 Å². The highest BCUT2D eigenvalue weighted by Gasteiger charge is 2.25. The minimum atomic E-state index is -0.174. The summed E-state index contributed by atoms with van der Waals surface area (Å²) >= 11 is 0. The molecule has 1 aliphatic rings. The summed E-state index contributed by atoms with van der Waals surface area (Å²) in [7, 11) is 1.69. The molecule has 1 heterocycles. The van der Waals surface area contributed by atoms with Crippen molar-refractivity contribution in [1.29, 1.82) is 0 Å². The van der Waals surface area contributed by atoms with Gasteiger partial charge < -0.3 is 9.84 Å². The first-order valence-corrected chi connectivity index (χ1v) is 6.54. The van der Waals surface area contributed by atoms with Gasteiger partial charge in [0.25, 0.3) is 0 Å². The molecule has 0 aromatic carbocycles. The van der Waals surface area contributed by atoms with Crippen LogP contribution in [-0.2, 0) is 6.54 Å². The molecule has 0 amide bonds. The Morgan fingerprint density at radius 1 is 1.47 bits per heavy atom. The number of ether oxygens (including phenoxy) is 1. The number of aliphatic hydroxyl groups is 1. The fourth-order valence-electron chi connectivity index (χ4n) is 2.78. The van der Waals surface area contributed by atoms with E-state index in [0.29, 0.717) is 5.92 Å². The Hall–Kier alpha value is -1.03. The summed E-state index contributed by atoms with van der Waals surface area (Å²) in [6.07, 6.45) is 6.81. The van der Waals surface area contributed by atoms with Crippen LogP contribution in [0.25, 0.3) is 0 Å². The zero-order valence-corrected chi connectivity index (χ0v) is 10.7. The van der Waals surface area contributed by atoms with Crippen LogP contribution in [0.2, 0.25) is 0 Å². The standard InChI is InChI=1S/C13H22N2O2/c1-3-15-13(12(17-2)9-14-15)10-6-4-5-7-11(16)8-10/h9-11,16H,3-8H2,1-2H3. The van der Waals surface area contributed by atoms with E-state index in [2.05, 4.69) is 12.0 Å². The van der Waals surface area contributed by atoms with Gasteiger partial charge in [0.1, 0.15) is 0 Å². The summed E-state index contributed by atoms with van der Waals surface area (Å²) in [5.41, 5.74) is 1.16. The number of aliphatic hydroxyl groups excluding tert-OH is 1. The fourth-order valence-corrected chi connectivity index (χ4v) is 2.78. The van der Waals surface area contributed by atoms with Crippen LogP contribution in [-0.4, -0.2) is 28.1 Å². The van der Waals surface area contributed by atoms with Gasteiger partial charge in [-0.2, -0.15) is 5.10 Å². The SMILES string of the molecule is CCn1ncc(OC)c1C1CCCCC(O)C1. The van der Waals surface area contributed by atoms with Gasteiger partial charge in [-0.3, -0.25) is 4.68 Å². The van der Waals surface area contributed by atoms with Crippen LogP contribution in [0.15, 0.2) is 6.20 Å². The van der Waals surface area contributed by atoms with E-state index in [1.807, 2.05) is 4.68 Å². The van der Waals surface area contributed by atoms with Crippen LogP contribution in [0.1, 0.15) is 50.6 Å². The van der Waals surface area contributed by atoms with Crippen LogP contribution in [0.4, 0.5) is 0 Å². The quantitative estimate of drug-likeness (QED) is 0.822. The van der Waals surface area contributed by atoms with Gasteiger partial charge in [-0.05, 0) is 26.2 Å². The molecule has 1 fully saturated rings. The number of methoxy groups -OCH3 is 1. The molecule has 0 bridgehead atoms. The summed E-state index contributed by atoms with van der Waals surface area (Å²) in [4.78, 5) is 0. The molecule has 17 heavy (non-hydrogen) atoms. The van der Waals surface area contributed by atoms with Crippen molar-refractivity contribution in [2.45, 2.75) is 57.6 Å². The summed E-state index contributed by atoms with van der Waals surface area (Å²) in [5.74, 6) is 1.25. The Morgan fingerprint density at radius 3 is 2.94 bits per heavy atom. The Kier molecular flexibility index (Phi) is 4.05. The van der Waals surface area contributed by atoms with Gasteiger partial charge in [0.05, 0.1) is 25.1 Å². The minimum Gasteiger partial charge on any atom is -0.493 e. The summed E-state index contributed by atoms with van der Waals surface area (Å²) in [6.45, 7) is 2.94. The molecule has 0 saturated heterocycles. The predicted molar refractivity (Wildman–Crippen MR) is 66.3 cm³/mol. The number of nitrogens with zero attached hydrogens (tertiary/aromatic N) is 2. The lowest BCUT2D eigenvalue weighted by molar-refractivity contribution is 0.150. The van der Waals surface area contributed by atoms with Crippen molar-refractivity contribution in [3.63, 3.8) is 0 Å². The van der Waals surface area contributed by atoms with E-state index in [4.69, 9.17) is 4.74 Å². The summed E-state index contributed by atoms with van der Waals surface area (Å²) < 4.78 is 7.39. The van der Waals surface area contributed by atoms with Crippen molar-refractivity contribution < 1.29 is 9.84 Å². The molecule has 0 aliphatic heterocycles. The lowest BCUT2D eigenvalue weighted by Crippen LogP contribution is -2.14. The third-order valence-corrected chi connectivity index (χ3v) is 3.65. The normalized spacial score (nSPS) is 25.6. The molecule has 96 valence electrons. The van der Waals surface area contributed by atoms with Crippen molar-refractivity contribution >= 4 is 0 Å². The maximum atomic E-state index is 9.92. The summed E-state index contributed by atoms with van der Waals surface area (Å²) in [6, 6.07) is 0. The van der Waals surface area contributed by atoms with Gasteiger partial charge in [0.2, 0.25) is 0 Å². The molecule has 1 N–H and O–H groups in total. The van der Waals surface area contributed by atoms with E-state index < -0.39 is 0 Å². The lowest BCUT2D eigenvalue weighted by Gasteiger charge is -2.19. The average molecular weight is 238 g/mol. The van der Waals surface area contributed by atoms with E-state index in [1.165, 1.54) is 6.42 Å². The molecule has 1 saturated carbocycles. The smallest absolute Gasteiger partial charge is 0.160 e. The van der Waals surface area contributed by atoms with E-state index in [0.717, 1.165) is 43.7 Å². The van der Waals surface area contributed by atoms with Crippen molar-refractivity contribution in [3.05, 3.63) is 11.9 Å². The van der Waals surface area contributed by atoms with Crippen LogP contribution in [0, 0.1) is 0 Å². The molecular weight excluding hydrogens is 216 g/mol. The first-order chi connectivity index (χ1) is 8.26. The molecule has 2 rings (SSSR count). The molecule has 1 aromatic heterocycles. The average Bonchev–Trinajstić information content (AvgIpc) is 2.64. The van der Waals surface area contributed by atoms with E-state index in [1.54, 1.807) is 13.3 Å². The maximum Gasteiger partial charge on any atom is 0.160 e. The zero-order chi connectivity index (χ0) is 12.3. The molecule has 2 unspecified atom stereocenters. The highest BCUT2D eigenvalue weighted by Crippen LogP contribution is 2.36. The Balaban J connectivity index is 2.26. The number of hydrogen-bond acceptors (Lipinski definition) is 3. The molecule has 1 aliphatic carbocycles. The number of rotatable bonds is 3. The second-order valence-electron chi connectivity index (χ2n) is 4.78. The van der Waals surface area contributed by atoms with Crippen LogP contribution >= 0.6 is 0 Å². The van der Waals surface area contributed by atoms with Crippen LogP contribution < -0.4 is 4.74 Å². The Bertz CT molecular complexity index is 341. The molecule has 2 atom stereocenters. The second-order valence-corrected chi connectivity index (χ2v) is 4.78. The zero-order valence-electron chi connectivity index (χ0n) is 10.7. The molecular formula is C13H22N2O2. The van der Waals surface area contributed by atoms with E-state index >= 15 is 0 Å². The van der Waals surface area contributed by atoms with Crippen LogP contribution in [0.5, 0.6) is 5.75 Å². The monoisotopic (exact) mass is 238 g/mol. The molecule has 0 spiro atoms. The Labute approximate surface area is 103 Å². The van der Waals surface area contributed by atoms with E-state index in [9.17, 15) is 5.11 Å². The van der Waals surface area contributed by atoms with Crippen molar-refractivity contribution in [2.75, 3.05) is 7.11 Å². The largest absolute Gasteiger partial charge is 0.493 e. The number of aryl methyl sites for hydroxylation is 1. The Morgan fingerprint density at radius 2 is 2.24 bits per heavy atom. The maximum absolute atomic E-state index is 9.92. The minimum absolute atomic E-state index is 0.174. The van der Waals surface area contributed by atoms with Gasteiger partial charge in [-0.25, -0.2) is 0 Å². The van der Waals surface area contributed by atoms with Gasteiger partial charge in [-0.15, -0.1) is 0 Å². The lowest BCUT2D eigenvalue weighted by atomic mass is 9.95. The first kappa shape index (κ1) is 12.4. The van der Waals surface area contributed by atoms with Gasteiger partial charge in [0, 0.05) is 12.5 Å². The highest BCUT2D eigenvalue weighted by atomic mass is 16.5. The first-order valence-electron chi connectivity index (χ1n) is 6.54. The fraction of sp³-hybridized carbons (Fsp3) is 0.769. The van der Waals surface area contributed by atoms with Crippen molar-refractivity contribution in [2.24, 2.45) is 0 Å². The van der Waals surface area contributed by atoms with Crippen molar-refractivity contribution in [1.82, 2.24) is 9.78 Å². The summed E-state index contributed by atoms with van der Waals surface area (Å²) in [5, 5.41) is 14.3. The topological polar surface area (TPSA) is 47.3 Å². The number of aromatic nitrogens is 2. The third kappa shape index (κ3) is 2.63. The van der Waals surface area contributed by atoms with Crippen molar-refractivity contribution in [3.8, 4) is 5.75 Å². The molecule has 1 aromatic rings. The molecule has 4 heteroatoms. The van der Waals surface area contributed by atoms with E-state index in [-0.39, 0.29) is 6.10 Å². The van der Waals surface area contributed by atoms with Gasteiger partial charge >= 0.3 is 0 Å².